The van der Waals surface area contributed by atoms with Gasteiger partial charge in [0, 0.05) is 0 Å². The van der Waals surface area contributed by atoms with E-state index in [-0.39, 0.29) is 18.4 Å². The van der Waals surface area contributed by atoms with Crippen LogP contribution in [0.25, 0.3) is 0 Å². The van der Waals surface area contributed by atoms with E-state index in [0.29, 0.717) is 5.92 Å². The number of allylic oxidation sites excluding steroid dienone is 2. The van der Waals surface area contributed by atoms with E-state index in [4.69, 9.17) is 0 Å². The lowest BCUT2D eigenvalue weighted by Crippen LogP contribution is -2.60. The summed E-state index contributed by atoms with van der Waals surface area (Å²) in [6, 6.07) is 8.17. The molecule has 5 atom stereocenters. The van der Waals surface area contributed by atoms with Crippen LogP contribution < -0.4 is 5.01 Å². The van der Waals surface area contributed by atoms with Crippen LogP contribution in [-0.4, -0.2) is 54.9 Å². The number of carbonyl (C=O) groups is 2. The molecule has 4 unspecified atom stereocenters. The summed E-state index contributed by atoms with van der Waals surface area (Å²) in [4.78, 5) is 28.2. The maximum absolute atomic E-state index is 13.6. The lowest BCUT2D eigenvalue weighted by Gasteiger charge is -2.42. The Bertz CT molecular complexity index is 1140. The molecule has 0 saturated carbocycles. The average Bonchev–Trinajstić information content (AvgIpc) is 3.47. The summed E-state index contributed by atoms with van der Waals surface area (Å²) >= 11 is 0. The van der Waals surface area contributed by atoms with E-state index in [1.54, 1.807) is 15.8 Å². The Morgan fingerprint density at radius 3 is 2.53 bits per heavy atom. The highest BCUT2D eigenvalue weighted by molar-refractivity contribution is 6.09. The number of imide groups is 1. The van der Waals surface area contributed by atoms with Crippen molar-refractivity contribution in [3.05, 3.63) is 84.5 Å². The fourth-order valence-electron chi connectivity index (χ4n) is 5.28. The zero-order valence-corrected chi connectivity index (χ0v) is 19.2. The lowest BCUT2D eigenvalue weighted by molar-refractivity contribution is -0.139. The van der Waals surface area contributed by atoms with Gasteiger partial charge in [-0.2, -0.15) is 0 Å². The summed E-state index contributed by atoms with van der Waals surface area (Å²) < 4.78 is 1.62. The predicted octanol–water partition coefficient (Wildman–Crippen LogP) is 2.37. The minimum absolute atomic E-state index is 0.218. The Morgan fingerprint density at radius 2 is 1.88 bits per heavy atom. The molecular formula is C26H29N5O3. The van der Waals surface area contributed by atoms with E-state index in [2.05, 4.69) is 22.9 Å². The fourth-order valence-corrected chi connectivity index (χ4v) is 5.28. The number of likely N-dealkylation sites (tertiary alicyclic amines) is 1. The Labute approximate surface area is 198 Å². The second-order valence-corrected chi connectivity index (χ2v) is 9.36. The molecular weight excluding hydrogens is 430 g/mol. The smallest absolute Gasteiger partial charge is 0.255 e. The van der Waals surface area contributed by atoms with Crippen LogP contribution in [0.1, 0.15) is 31.7 Å². The monoisotopic (exact) mass is 459 g/mol. The summed E-state index contributed by atoms with van der Waals surface area (Å²) in [5.74, 6) is -0.719. The summed E-state index contributed by atoms with van der Waals surface area (Å²) in [5, 5.41) is 21.0. The van der Waals surface area contributed by atoms with Gasteiger partial charge in [0.15, 0.2) is 0 Å². The number of nitrogens with zero attached hydrogens (tertiary/aromatic N) is 5. The SMILES string of the molecule is C=C(C)[C@@H]1CC=C(C(O)C2C=CC3C(=O)N(Cc4ccccc4)C(=O)C3N2n2cnnc2)CC1. The van der Waals surface area contributed by atoms with Gasteiger partial charge in [0.05, 0.1) is 18.5 Å². The molecule has 2 amide bonds. The number of aliphatic hydroxyl groups is 1. The van der Waals surface area contributed by atoms with Gasteiger partial charge in [-0.1, -0.05) is 60.7 Å². The molecule has 0 spiro atoms. The van der Waals surface area contributed by atoms with Gasteiger partial charge in [0.2, 0.25) is 5.91 Å². The summed E-state index contributed by atoms with van der Waals surface area (Å²) in [5.41, 5.74) is 2.99. The zero-order chi connectivity index (χ0) is 23.8. The Balaban J connectivity index is 1.45. The van der Waals surface area contributed by atoms with Crippen molar-refractivity contribution in [3.8, 4) is 0 Å². The van der Waals surface area contributed by atoms with Crippen LogP contribution in [0, 0.1) is 11.8 Å². The van der Waals surface area contributed by atoms with E-state index in [1.165, 1.54) is 17.6 Å². The Morgan fingerprint density at radius 1 is 1.15 bits per heavy atom. The first kappa shape index (κ1) is 22.3. The summed E-state index contributed by atoms with van der Waals surface area (Å²) in [6.45, 7) is 6.33. The third kappa shape index (κ3) is 3.88. The van der Waals surface area contributed by atoms with E-state index in [0.717, 1.165) is 36.0 Å². The minimum Gasteiger partial charge on any atom is -0.386 e. The topological polar surface area (TPSA) is 91.6 Å². The van der Waals surface area contributed by atoms with Crippen LogP contribution in [0.2, 0.25) is 0 Å². The third-order valence-corrected chi connectivity index (χ3v) is 7.22. The first-order valence-electron chi connectivity index (χ1n) is 11.7. The molecule has 3 heterocycles. The van der Waals surface area contributed by atoms with Crippen molar-refractivity contribution in [2.45, 2.75) is 50.9 Å². The average molecular weight is 460 g/mol. The number of fused-ring (bicyclic) bond motifs is 1. The van der Waals surface area contributed by atoms with Crippen LogP contribution >= 0.6 is 0 Å². The maximum Gasteiger partial charge on any atom is 0.255 e. The molecule has 8 heteroatoms. The minimum atomic E-state index is -0.822. The molecule has 1 N–H and O–H groups in total. The number of aliphatic hydroxyl groups excluding tert-OH is 1. The molecule has 8 nitrogen and oxygen atoms in total. The molecule has 2 aromatic rings. The number of hydrogen-bond donors (Lipinski definition) is 1. The Kier molecular flexibility index (Phi) is 5.91. The second-order valence-electron chi connectivity index (χ2n) is 9.36. The highest BCUT2D eigenvalue weighted by Crippen LogP contribution is 2.36. The van der Waals surface area contributed by atoms with Crippen LogP contribution in [0.15, 0.2) is 78.9 Å². The van der Waals surface area contributed by atoms with E-state index >= 15 is 0 Å². The van der Waals surface area contributed by atoms with Gasteiger partial charge in [-0.3, -0.25) is 19.5 Å². The van der Waals surface area contributed by atoms with Crippen LogP contribution in [0.5, 0.6) is 0 Å². The van der Waals surface area contributed by atoms with Crippen molar-refractivity contribution in [1.82, 2.24) is 19.8 Å². The number of rotatable bonds is 6. The van der Waals surface area contributed by atoms with E-state index in [9.17, 15) is 14.7 Å². The quantitative estimate of drug-likeness (QED) is 0.527. The number of amides is 2. The van der Waals surface area contributed by atoms with Gasteiger partial charge < -0.3 is 5.11 Å². The maximum atomic E-state index is 13.6. The molecule has 176 valence electrons. The lowest BCUT2D eigenvalue weighted by atomic mass is 9.81. The molecule has 0 bridgehead atoms. The number of aromatic nitrogens is 3. The molecule has 1 saturated heterocycles. The van der Waals surface area contributed by atoms with Gasteiger partial charge in [0.1, 0.15) is 24.8 Å². The van der Waals surface area contributed by atoms with Crippen molar-refractivity contribution in [2.75, 3.05) is 5.01 Å². The number of benzene rings is 1. The van der Waals surface area contributed by atoms with E-state index in [1.807, 2.05) is 43.3 Å². The summed E-state index contributed by atoms with van der Waals surface area (Å²) in [6.07, 6.45) is 10.5. The van der Waals surface area contributed by atoms with E-state index < -0.39 is 24.1 Å². The zero-order valence-electron chi connectivity index (χ0n) is 19.2. The molecule has 0 radical (unpaired) electrons. The predicted molar refractivity (Wildman–Crippen MR) is 127 cm³/mol. The van der Waals surface area contributed by atoms with Gasteiger partial charge >= 0.3 is 0 Å². The highest BCUT2D eigenvalue weighted by Gasteiger charge is 2.53. The van der Waals surface area contributed by atoms with Gasteiger partial charge in [-0.15, -0.1) is 10.2 Å². The third-order valence-electron chi connectivity index (χ3n) is 7.22. The molecule has 5 rings (SSSR count). The van der Waals surface area contributed by atoms with Crippen molar-refractivity contribution in [1.29, 1.82) is 0 Å². The Hall–Kier alpha value is -3.52. The fraction of sp³-hybridized carbons (Fsp3) is 0.385. The first-order chi connectivity index (χ1) is 16.5. The van der Waals surface area contributed by atoms with Crippen molar-refractivity contribution in [2.24, 2.45) is 11.8 Å². The normalized spacial score (nSPS) is 27.5. The molecule has 34 heavy (non-hydrogen) atoms. The second kappa shape index (κ2) is 9.02. The van der Waals surface area contributed by atoms with Crippen LogP contribution in [0.3, 0.4) is 0 Å². The van der Waals surface area contributed by atoms with Crippen LogP contribution in [0.4, 0.5) is 0 Å². The molecule has 1 aliphatic carbocycles. The molecule has 1 fully saturated rings. The molecule has 3 aliphatic rings. The standard InChI is InChI=1S/C26H29N5O3/c1-17(2)19-8-10-20(11-9-19)24(32)22-13-12-21-23(31(22)29-15-27-28-16-29)26(34)30(25(21)33)14-18-6-4-3-5-7-18/h3-7,10,12-13,15-16,19,21-24,32H,1,8-9,11,14H2,2H3/t19-,21?,22?,23?,24?/m1/s1. The van der Waals surface area contributed by atoms with Crippen molar-refractivity contribution < 1.29 is 14.7 Å². The molecule has 2 aliphatic heterocycles. The largest absolute Gasteiger partial charge is 0.386 e. The van der Waals surface area contributed by atoms with Gasteiger partial charge in [-0.05, 0) is 43.2 Å². The number of carbonyl (C=O) groups excluding carboxylic acids is 2. The van der Waals surface area contributed by atoms with Crippen LogP contribution in [-0.2, 0) is 16.1 Å². The highest BCUT2D eigenvalue weighted by atomic mass is 16.3. The van der Waals surface area contributed by atoms with Crippen molar-refractivity contribution in [3.63, 3.8) is 0 Å². The first-order valence-corrected chi connectivity index (χ1v) is 11.7. The molecule has 1 aromatic carbocycles. The number of hydrogen-bond acceptors (Lipinski definition) is 6. The van der Waals surface area contributed by atoms with Gasteiger partial charge in [-0.25, -0.2) is 4.68 Å². The summed E-state index contributed by atoms with van der Waals surface area (Å²) in [7, 11) is 0. The van der Waals surface area contributed by atoms with Gasteiger partial charge in [0.25, 0.3) is 5.91 Å². The molecule has 1 aromatic heterocycles. The van der Waals surface area contributed by atoms with Crippen molar-refractivity contribution >= 4 is 11.8 Å².